The second-order valence-electron chi connectivity index (χ2n) is 2.93. The fourth-order valence-corrected chi connectivity index (χ4v) is 1.09. The molecule has 2 aromatic heterocycles. The highest BCUT2D eigenvalue weighted by Crippen LogP contribution is 2.01. The first-order valence-corrected chi connectivity index (χ1v) is 4.64. The van der Waals surface area contributed by atoms with E-state index in [1.165, 1.54) is 0 Å². The van der Waals surface area contributed by atoms with Crippen LogP contribution < -0.4 is 5.48 Å². The SMILES string of the molecule is c1ccc(CONc2ccccn2)nc1. The van der Waals surface area contributed by atoms with Crippen molar-refractivity contribution >= 4 is 5.82 Å². The van der Waals surface area contributed by atoms with Gasteiger partial charge in [-0.3, -0.25) is 9.82 Å². The lowest BCUT2D eigenvalue weighted by molar-refractivity contribution is 0.175. The van der Waals surface area contributed by atoms with Crippen LogP contribution in [0.3, 0.4) is 0 Å². The number of aromatic nitrogens is 2. The van der Waals surface area contributed by atoms with E-state index in [2.05, 4.69) is 15.4 Å². The minimum Gasteiger partial charge on any atom is -0.268 e. The van der Waals surface area contributed by atoms with Gasteiger partial charge in [0.1, 0.15) is 12.4 Å². The fourth-order valence-electron chi connectivity index (χ4n) is 1.09. The third-order valence-electron chi connectivity index (χ3n) is 1.79. The van der Waals surface area contributed by atoms with E-state index in [9.17, 15) is 0 Å². The molecular weight excluding hydrogens is 190 g/mol. The van der Waals surface area contributed by atoms with Crippen LogP contribution in [0.1, 0.15) is 5.69 Å². The zero-order chi connectivity index (χ0) is 10.3. The fraction of sp³-hybridized carbons (Fsp3) is 0.0909. The van der Waals surface area contributed by atoms with Crippen LogP contribution in [0.2, 0.25) is 0 Å². The Bertz CT molecular complexity index is 352. The number of hydrogen-bond acceptors (Lipinski definition) is 4. The predicted octanol–water partition coefficient (Wildman–Crippen LogP) is 2.02. The largest absolute Gasteiger partial charge is 0.268 e. The topological polar surface area (TPSA) is 47.0 Å². The third-order valence-corrected chi connectivity index (χ3v) is 1.79. The molecule has 15 heavy (non-hydrogen) atoms. The highest BCUT2D eigenvalue weighted by molar-refractivity contribution is 5.29. The number of hydrogen-bond donors (Lipinski definition) is 1. The molecule has 0 aliphatic carbocycles. The third kappa shape index (κ3) is 3.03. The average Bonchev–Trinajstić information content (AvgIpc) is 2.32. The van der Waals surface area contributed by atoms with Crippen molar-refractivity contribution in [1.29, 1.82) is 0 Å². The Morgan fingerprint density at radius 2 is 1.80 bits per heavy atom. The molecule has 0 bridgehead atoms. The van der Waals surface area contributed by atoms with Gasteiger partial charge in [0.2, 0.25) is 0 Å². The minimum absolute atomic E-state index is 0.414. The van der Waals surface area contributed by atoms with Crippen LogP contribution in [0.25, 0.3) is 0 Å². The zero-order valence-electron chi connectivity index (χ0n) is 8.13. The summed E-state index contributed by atoms with van der Waals surface area (Å²) in [5.74, 6) is 0.688. The van der Waals surface area contributed by atoms with E-state index < -0.39 is 0 Å². The smallest absolute Gasteiger partial charge is 0.149 e. The summed E-state index contributed by atoms with van der Waals surface area (Å²) in [4.78, 5) is 13.4. The molecule has 0 saturated carbocycles. The molecule has 0 saturated heterocycles. The molecule has 0 amide bonds. The second-order valence-corrected chi connectivity index (χ2v) is 2.93. The standard InChI is InChI=1S/C11H11N3O/c1-3-7-12-10(5-1)9-15-14-11-6-2-4-8-13-11/h1-8H,9H2,(H,13,14). The molecular formula is C11H11N3O. The van der Waals surface area contributed by atoms with Gasteiger partial charge in [-0.25, -0.2) is 10.5 Å². The first kappa shape index (κ1) is 9.61. The highest BCUT2D eigenvalue weighted by atomic mass is 16.6. The van der Waals surface area contributed by atoms with Crippen LogP contribution in [-0.4, -0.2) is 9.97 Å². The van der Waals surface area contributed by atoms with E-state index >= 15 is 0 Å². The summed E-state index contributed by atoms with van der Waals surface area (Å²) in [7, 11) is 0. The molecule has 0 atom stereocenters. The lowest BCUT2D eigenvalue weighted by Crippen LogP contribution is -2.03. The van der Waals surface area contributed by atoms with E-state index in [4.69, 9.17) is 4.84 Å². The van der Waals surface area contributed by atoms with Gasteiger partial charge in [-0.1, -0.05) is 12.1 Å². The lowest BCUT2D eigenvalue weighted by Gasteiger charge is -2.04. The summed E-state index contributed by atoms with van der Waals surface area (Å²) >= 11 is 0. The number of rotatable bonds is 4. The summed E-state index contributed by atoms with van der Waals surface area (Å²) in [6.07, 6.45) is 3.44. The summed E-state index contributed by atoms with van der Waals surface area (Å²) in [6.45, 7) is 0.414. The van der Waals surface area contributed by atoms with E-state index in [0.29, 0.717) is 12.4 Å². The van der Waals surface area contributed by atoms with Crippen molar-refractivity contribution in [1.82, 2.24) is 9.97 Å². The molecule has 0 aliphatic heterocycles. The van der Waals surface area contributed by atoms with Gasteiger partial charge in [0.05, 0.1) is 5.69 Å². The van der Waals surface area contributed by atoms with Crippen molar-refractivity contribution < 1.29 is 4.84 Å². The molecule has 2 aromatic rings. The van der Waals surface area contributed by atoms with Crippen molar-refractivity contribution in [2.75, 3.05) is 5.48 Å². The van der Waals surface area contributed by atoms with Crippen LogP contribution in [0, 0.1) is 0 Å². The predicted molar refractivity (Wildman–Crippen MR) is 56.9 cm³/mol. The average molecular weight is 201 g/mol. The van der Waals surface area contributed by atoms with Gasteiger partial charge in [-0.2, -0.15) is 0 Å². The van der Waals surface area contributed by atoms with Crippen LogP contribution >= 0.6 is 0 Å². The molecule has 76 valence electrons. The van der Waals surface area contributed by atoms with Crippen LogP contribution in [0.15, 0.2) is 48.8 Å². The summed E-state index contributed by atoms with van der Waals surface area (Å²) in [6, 6.07) is 11.3. The van der Waals surface area contributed by atoms with Crippen molar-refractivity contribution in [3.63, 3.8) is 0 Å². The van der Waals surface area contributed by atoms with Gasteiger partial charge in [-0.15, -0.1) is 0 Å². The molecule has 0 spiro atoms. The number of pyridine rings is 2. The Morgan fingerprint density at radius 1 is 1.00 bits per heavy atom. The van der Waals surface area contributed by atoms with Crippen molar-refractivity contribution in [2.24, 2.45) is 0 Å². The van der Waals surface area contributed by atoms with E-state index in [1.54, 1.807) is 12.4 Å². The van der Waals surface area contributed by atoms with Gasteiger partial charge >= 0.3 is 0 Å². The van der Waals surface area contributed by atoms with Gasteiger partial charge in [0.25, 0.3) is 0 Å². The van der Waals surface area contributed by atoms with E-state index in [1.807, 2.05) is 36.4 Å². The molecule has 0 radical (unpaired) electrons. The highest BCUT2D eigenvalue weighted by Gasteiger charge is 1.93. The Morgan fingerprint density at radius 3 is 2.47 bits per heavy atom. The molecule has 4 heteroatoms. The number of nitrogens with one attached hydrogen (secondary N) is 1. The van der Waals surface area contributed by atoms with Gasteiger partial charge in [0, 0.05) is 12.4 Å². The van der Waals surface area contributed by atoms with E-state index in [0.717, 1.165) is 5.69 Å². The first-order chi connectivity index (χ1) is 7.45. The van der Waals surface area contributed by atoms with Crippen molar-refractivity contribution in [3.8, 4) is 0 Å². The molecule has 0 aromatic carbocycles. The zero-order valence-corrected chi connectivity index (χ0v) is 8.13. The number of nitrogens with zero attached hydrogens (tertiary/aromatic N) is 2. The maximum absolute atomic E-state index is 5.23. The summed E-state index contributed by atoms with van der Waals surface area (Å²) in [5.41, 5.74) is 3.62. The monoisotopic (exact) mass is 201 g/mol. The molecule has 2 heterocycles. The van der Waals surface area contributed by atoms with E-state index in [-0.39, 0.29) is 0 Å². The maximum atomic E-state index is 5.23. The number of anilines is 1. The summed E-state index contributed by atoms with van der Waals surface area (Å²) < 4.78 is 0. The molecule has 2 rings (SSSR count). The molecule has 1 N–H and O–H groups in total. The normalized spacial score (nSPS) is 9.87. The van der Waals surface area contributed by atoms with Gasteiger partial charge < -0.3 is 0 Å². The van der Waals surface area contributed by atoms with Crippen molar-refractivity contribution in [3.05, 3.63) is 54.5 Å². The van der Waals surface area contributed by atoms with Gasteiger partial charge in [-0.05, 0) is 24.3 Å². The van der Waals surface area contributed by atoms with Crippen LogP contribution in [-0.2, 0) is 11.4 Å². The quantitative estimate of drug-likeness (QED) is 0.769. The molecule has 0 aliphatic rings. The molecule has 0 unspecified atom stereocenters. The second kappa shape index (κ2) is 5.07. The Labute approximate surface area is 87.9 Å². The van der Waals surface area contributed by atoms with Gasteiger partial charge in [0.15, 0.2) is 0 Å². The van der Waals surface area contributed by atoms with Crippen LogP contribution in [0.5, 0.6) is 0 Å². The Kier molecular flexibility index (Phi) is 3.25. The Balaban J connectivity index is 1.81. The molecule has 4 nitrogen and oxygen atoms in total. The maximum Gasteiger partial charge on any atom is 0.149 e. The van der Waals surface area contributed by atoms with Crippen molar-refractivity contribution in [2.45, 2.75) is 6.61 Å². The lowest BCUT2D eigenvalue weighted by atomic mass is 10.4. The summed E-state index contributed by atoms with van der Waals surface area (Å²) in [5, 5.41) is 0. The Hall–Kier alpha value is -1.94. The minimum atomic E-state index is 0.414. The van der Waals surface area contributed by atoms with Crippen LogP contribution in [0.4, 0.5) is 5.82 Å². The first-order valence-electron chi connectivity index (χ1n) is 4.64. The molecule has 0 fully saturated rings.